The number of ether oxygens (including phenoxy) is 1. The number of rotatable bonds is 5. The summed E-state index contributed by atoms with van der Waals surface area (Å²) in [6.45, 7) is 0.603. The zero-order valence-corrected chi connectivity index (χ0v) is 15.5. The molecule has 0 saturated heterocycles. The van der Waals surface area contributed by atoms with Gasteiger partial charge in [-0.2, -0.15) is 0 Å². The van der Waals surface area contributed by atoms with E-state index in [0.29, 0.717) is 40.6 Å². The minimum atomic E-state index is -0.450. The second-order valence-electron chi connectivity index (χ2n) is 7.16. The monoisotopic (exact) mass is 379 g/mol. The van der Waals surface area contributed by atoms with Crippen molar-refractivity contribution in [2.75, 3.05) is 11.9 Å². The highest BCUT2D eigenvalue weighted by Crippen LogP contribution is 2.30. The third-order valence-electron chi connectivity index (χ3n) is 5.14. The van der Waals surface area contributed by atoms with E-state index in [1.54, 1.807) is 42.6 Å². The number of halogens is 1. The fourth-order valence-electron chi connectivity index (χ4n) is 3.62. The summed E-state index contributed by atoms with van der Waals surface area (Å²) in [7, 11) is 0. The highest BCUT2D eigenvalue weighted by atomic mass is 19.1. The van der Waals surface area contributed by atoms with Crippen LogP contribution in [0.3, 0.4) is 0 Å². The van der Waals surface area contributed by atoms with Gasteiger partial charge in [0.15, 0.2) is 0 Å². The maximum atomic E-state index is 14.4. The van der Waals surface area contributed by atoms with Crippen molar-refractivity contribution in [3.05, 3.63) is 60.3 Å². The summed E-state index contributed by atoms with van der Waals surface area (Å²) in [6.07, 6.45) is 8.84. The lowest BCUT2D eigenvalue weighted by atomic mass is 9.90. The van der Waals surface area contributed by atoms with Gasteiger partial charge in [-0.05, 0) is 49.1 Å². The van der Waals surface area contributed by atoms with Gasteiger partial charge < -0.3 is 10.1 Å². The summed E-state index contributed by atoms with van der Waals surface area (Å²) in [5.41, 5.74) is 0.792. The fourth-order valence-corrected chi connectivity index (χ4v) is 3.62. The third-order valence-corrected chi connectivity index (χ3v) is 5.14. The summed E-state index contributed by atoms with van der Waals surface area (Å²) < 4.78 is 20.3. The van der Waals surface area contributed by atoms with E-state index in [1.807, 2.05) is 0 Å². The van der Waals surface area contributed by atoms with E-state index in [-0.39, 0.29) is 5.91 Å². The Morgan fingerprint density at radius 2 is 1.96 bits per heavy atom. The zero-order chi connectivity index (χ0) is 19.3. The molecule has 0 unspecified atom stereocenters. The van der Waals surface area contributed by atoms with Crippen LogP contribution in [0.1, 0.15) is 42.6 Å². The van der Waals surface area contributed by atoms with Crippen molar-refractivity contribution in [3.8, 4) is 5.88 Å². The number of carbonyl (C=O) groups is 1. The number of amides is 1. The van der Waals surface area contributed by atoms with E-state index in [4.69, 9.17) is 4.74 Å². The molecule has 1 amide bonds. The van der Waals surface area contributed by atoms with Crippen LogP contribution >= 0.6 is 0 Å². The van der Waals surface area contributed by atoms with Gasteiger partial charge in [-0.25, -0.2) is 9.37 Å². The third kappa shape index (κ3) is 4.11. The number of fused-ring (bicyclic) bond motifs is 1. The largest absolute Gasteiger partial charge is 0.477 e. The molecule has 3 aromatic rings. The molecule has 4 rings (SSSR count). The Bertz CT molecular complexity index is 972. The van der Waals surface area contributed by atoms with E-state index in [1.165, 1.54) is 38.3 Å². The quantitative estimate of drug-likeness (QED) is 0.679. The van der Waals surface area contributed by atoms with E-state index in [0.717, 1.165) is 0 Å². The Labute approximate surface area is 163 Å². The van der Waals surface area contributed by atoms with E-state index in [2.05, 4.69) is 15.3 Å². The number of nitrogens with one attached hydrogen (secondary N) is 1. The minimum Gasteiger partial charge on any atom is -0.477 e. The van der Waals surface area contributed by atoms with Crippen molar-refractivity contribution >= 4 is 22.4 Å². The number of anilines is 1. The number of hydrogen-bond donors (Lipinski definition) is 1. The summed E-state index contributed by atoms with van der Waals surface area (Å²) in [5, 5.41) is 3.72. The van der Waals surface area contributed by atoms with Crippen LogP contribution in [0, 0.1) is 11.7 Å². The van der Waals surface area contributed by atoms with Crippen LogP contribution in [-0.4, -0.2) is 22.5 Å². The molecule has 1 saturated carbocycles. The standard InChI is InChI=1S/C22H22FN3O2/c23-19-13-25-22(28-14-15-6-2-1-3-7-15)17-10-9-16(12-18(17)19)26-21(27)20-8-4-5-11-24-20/h4-5,8-13,15H,1-3,6-7,14H2,(H,26,27). The predicted octanol–water partition coefficient (Wildman–Crippen LogP) is 4.98. The molecule has 0 radical (unpaired) electrons. The van der Waals surface area contributed by atoms with Gasteiger partial charge in [-0.3, -0.25) is 9.78 Å². The molecule has 1 aromatic carbocycles. The van der Waals surface area contributed by atoms with Crippen LogP contribution in [0.25, 0.3) is 10.8 Å². The van der Waals surface area contributed by atoms with E-state index in [9.17, 15) is 9.18 Å². The Balaban J connectivity index is 1.53. The molecule has 1 aliphatic carbocycles. The second kappa shape index (κ2) is 8.33. The molecule has 28 heavy (non-hydrogen) atoms. The number of nitrogens with zero attached hydrogens (tertiary/aromatic N) is 2. The number of aromatic nitrogens is 2. The average Bonchev–Trinajstić information content (AvgIpc) is 2.75. The predicted molar refractivity (Wildman–Crippen MR) is 106 cm³/mol. The molecule has 2 aromatic heterocycles. The molecule has 1 aliphatic rings. The lowest BCUT2D eigenvalue weighted by molar-refractivity contribution is 0.102. The number of hydrogen-bond acceptors (Lipinski definition) is 4. The summed E-state index contributed by atoms with van der Waals surface area (Å²) >= 11 is 0. The van der Waals surface area contributed by atoms with Crippen LogP contribution in [-0.2, 0) is 0 Å². The molecule has 6 heteroatoms. The summed E-state index contributed by atoms with van der Waals surface area (Å²) in [5.74, 6) is 0.175. The van der Waals surface area contributed by atoms with E-state index >= 15 is 0 Å². The molecule has 5 nitrogen and oxygen atoms in total. The topological polar surface area (TPSA) is 64.1 Å². The first kappa shape index (κ1) is 18.3. The SMILES string of the molecule is O=C(Nc1ccc2c(OCC3CCCCC3)ncc(F)c2c1)c1ccccn1. The van der Waals surface area contributed by atoms with Gasteiger partial charge in [0.25, 0.3) is 5.91 Å². The highest BCUT2D eigenvalue weighted by Gasteiger charge is 2.16. The number of carbonyl (C=O) groups excluding carboxylic acids is 1. The summed E-state index contributed by atoms with van der Waals surface area (Å²) in [4.78, 5) is 20.4. The Morgan fingerprint density at radius 3 is 2.75 bits per heavy atom. The van der Waals surface area contributed by atoms with Crippen molar-refractivity contribution in [1.82, 2.24) is 9.97 Å². The molecule has 1 N–H and O–H groups in total. The lowest BCUT2D eigenvalue weighted by Gasteiger charge is -2.21. The Morgan fingerprint density at radius 1 is 1.11 bits per heavy atom. The van der Waals surface area contributed by atoms with Crippen molar-refractivity contribution in [1.29, 1.82) is 0 Å². The van der Waals surface area contributed by atoms with Gasteiger partial charge in [0, 0.05) is 22.7 Å². The highest BCUT2D eigenvalue weighted by molar-refractivity contribution is 6.04. The van der Waals surface area contributed by atoms with Crippen LogP contribution in [0.5, 0.6) is 5.88 Å². The first-order valence-electron chi connectivity index (χ1n) is 9.64. The first-order chi connectivity index (χ1) is 13.7. The van der Waals surface area contributed by atoms with Gasteiger partial charge in [-0.15, -0.1) is 0 Å². The Kier molecular flexibility index (Phi) is 5.46. The minimum absolute atomic E-state index is 0.300. The molecular formula is C22H22FN3O2. The molecule has 0 spiro atoms. The Hall–Kier alpha value is -3.02. The van der Waals surface area contributed by atoms with E-state index < -0.39 is 5.82 Å². The van der Waals surface area contributed by atoms with Crippen molar-refractivity contribution in [2.45, 2.75) is 32.1 Å². The maximum Gasteiger partial charge on any atom is 0.274 e. The number of benzene rings is 1. The van der Waals surface area contributed by atoms with Crippen molar-refractivity contribution < 1.29 is 13.9 Å². The molecular weight excluding hydrogens is 357 g/mol. The summed E-state index contributed by atoms with van der Waals surface area (Å²) in [6, 6.07) is 10.2. The van der Waals surface area contributed by atoms with Crippen molar-refractivity contribution in [2.24, 2.45) is 5.92 Å². The van der Waals surface area contributed by atoms with Crippen LogP contribution in [0.2, 0.25) is 0 Å². The van der Waals surface area contributed by atoms with Gasteiger partial charge >= 0.3 is 0 Å². The van der Waals surface area contributed by atoms with Gasteiger partial charge in [-0.1, -0.05) is 25.3 Å². The van der Waals surface area contributed by atoms with Crippen LogP contribution in [0.15, 0.2) is 48.8 Å². The smallest absolute Gasteiger partial charge is 0.274 e. The van der Waals surface area contributed by atoms with Crippen molar-refractivity contribution in [3.63, 3.8) is 0 Å². The molecule has 0 aliphatic heterocycles. The molecule has 0 atom stereocenters. The number of pyridine rings is 2. The average molecular weight is 379 g/mol. The lowest BCUT2D eigenvalue weighted by Crippen LogP contribution is -2.16. The normalized spacial score (nSPS) is 14.8. The van der Waals surface area contributed by atoms with Crippen LogP contribution in [0.4, 0.5) is 10.1 Å². The van der Waals surface area contributed by atoms with Crippen LogP contribution < -0.4 is 10.1 Å². The molecule has 0 bridgehead atoms. The molecule has 1 fully saturated rings. The fraction of sp³-hybridized carbons (Fsp3) is 0.318. The maximum absolute atomic E-state index is 14.4. The van der Waals surface area contributed by atoms with Gasteiger partial charge in [0.2, 0.25) is 5.88 Å². The van der Waals surface area contributed by atoms with Gasteiger partial charge in [0.05, 0.1) is 12.8 Å². The molecule has 144 valence electrons. The first-order valence-corrected chi connectivity index (χ1v) is 9.64. The zero-order valence-electron chi connectivity index (χ0n) is 15.5. The molecule has 2 heterocycles. The van der Waals surface area contributed by atoms with Gasteiger partial charge in [0.1, 0.15) is 11.5 Å². The second-order valence-corrected chi connectivity index (χ2v) is 7.16.